The first-order valence-corrected chi connectivity index (χ1v) is 5.65. The molecule has 0 bridgehead atoms. The van der Waals surface area contributed by atoms with Crippen LogP contribution in [-0.2, 0) is 0 Å². The van der Waals surface area contributed by atoms with Crippen molar-refractivity contribution in [3.8, 4) is 0 Å². The van der Waals surface area contributed by atoms with Crippen LogP contribution < -0.4 is 5.73 Å². The lowest BCUT2D eigenvalue weighted by molar-refractivity contribution is 0.0722. The Kier molecular flexibility index (Phi) is 5.03. The van der Waals surface area contributed by atoms with Crippen LogP contribution in [0.2, 0.25) is 0 Å². The summed E-state index contributed by atoms with van der Waals surface area (Å²) in [6.45, 7) is 2.21. The molecule has 0 saturated heterocycles. The fourth-order valence-electron chi connectivity index (χ4n) is 1.62. The molecular formula is C12H16F2N2O2. The second-order valence-electron chi connectivity index (χ2n) is 3.87. The number of benzene rings is 1. The summed E-state index contributed by atoms with van der Waals surface area (Å²) in [4.78, 5) is 13.4. The highest BCUT2D eigenvalue weighted by molar-refractivity contribution is 5.99. The molecule has 0 atom stereocenters. The first kappa shape index (κ1) is 14.4. The number of carbonyl (C=O) groups is 1. The second kappa shape index (κ2) is 6.30. The van der Waals surface area contributed by atoms with Crippen molar-refractivity contribution in [1.29, 1.82) is 0 Å². The summed E-state index contributed by atoms with van der Waals surface area (Å²) >= 11 is 0. The Bertz CT molecular complexity index is 432. The maximum absolute atomic E-state index is 13.1. The Morgan fingerprint density at radius 2 is 1.94 bits per heavy atom. The highest BCUT2D eigenvalue weighted by Crippen LogP contribution is 2.19. The summed E-state index contributed by atoms with van der Waals surface area (Å²) in [6, 6.07) is 1.57. The molecule has 0 saturated carbocycles. The lowest BCUT2D eigenvalue weighted by atomic mass is 10.1. The predicted octanol–water partition coefficient (Wildman–Crippen LogP) is 1.39. The number of nitrogens with two attached hydrogens (primary N) is 1. The third kappa shape index (κ3) is 3.16. The molecule has 0 aliphatic heterocycles. The smallest absolute Gasteiger partial charge is 0.256 e. The van der Waals surface area contributed by atoms with Gasteiger partial charge in [0.15, 0.2) is 11.6 Å². The molecule has 3 N–H and O–H groups in total. The Morgan fingerprint density at radius 1 is 1.33 bits per heavy atom. The number of halogens is 2. The summed E-state index contributed by atoms with van der Waals surface area (Å²) in [5, 5.41) is 8.87. The van der Waals surface area contributed by atoms with E-state index in [1.165, 1.54) is 4.90 Å². The van der Waals surface area contributed by atoms with Crippen molar-refractivity contribution >= 4 is 11.6 Å². The summed E-state index contributed by atoms with van der Waals surface area (Å²) in [5.41, 5.74) is 5.30. The van der Waals surface area contributed by atoms with E-state index in [1.807, 2.05) is 6.92 Å². The van der Waals surface area contributed by atoms with Crippen LogP contribution in [-0.4, -0.2) is 35.6 Å². The van der Waals surface area contributed by atoms with Gasteiger partial charge in [-0.1, -0.05) is 6.92 Å². The molecule has 0 fully saturated rings. The SMILES string of the molecule is CCCN(CCO)C(=O)c1cc(F)c(F)cc1N. The molecule has 0 aliphatic rings. The number of rotatable bonds is 5. The number of amides is 1. The average Bonchev–Trinajstić information content (AvgIpc) is 2.33. The van der Waals surface area contributed by atoms with Crippen LogP contribution in [0.5, 0.6) is 0 Å². The van der Waals surface area contributed by atoms with Gasteiger partial charge in [0.25, 0.3) is 5.91 Å². The topological polar surface area (TPSA) is 66.6 Å². The number of hydrogen-bond acceptors (Lipinski definition) is 3. The molecule has 1 aromatic carbocycles. The van der Waals surface area contributed by atoms with E-state index in [0.29, 0.717) is 13.0 Å². The van der Waals surface area contributed by atoms with E-state index in [1.54, 1.807) is 0 Å². The average molecular weight is 258 g/mol. The van der Waals surface area contributed by atoms with E-state index in [9.17, 15) is 13.6 Å². The Hall–Kier alpha value is -1.69. The fourth-order valence-corrected chi connectivity index (χ4v) is 1.62. The molecule has 0 heterocycles. The number of aliphatic hydroxyl groups excluding tert-OH is 1. The molecule has 18 heavy (non-hydrogen) atoms. The number of nitrogen functional groups attached to an aromatic ring is 1. The van der Waals surface area contributed by atoms with Crippen LogP contribution >= 0.6 is 0 Å². The van der Waals surface area contributed by atoms with Gasteiger partial charge in [-0.15, -0.1) is 0 Å². The standard InChI is InChI=1S/C12H16F2N2O2/c1-2-3-16(4-5-17)12(18)8-6-9(13)10(14)7-11(8)15/h6-7,17H,2-5,15H2,1H3. The third-order valence-electron chi connectivity index (χ3n) is 2.47. The largest absolute Gasteiger partial charge is 0.398 e. The zero-order valence-electron chi connectivity index (χ0n) is 10.1. The van der Waals surface area contributed by atoms with Gasteiger partial charge < -0.3 is 15.7 Å². The predicted molar refractivity (Wildman–Crippen MR) is 64.1 cm³/mol. The van der Waals surface area contributed by atoms with Gasteiger partial charge in [-0.25, -0.2) is 8.78 Å². The van der Waals surface area contributed by atoms with Crippen molar-refractivity contribution in [2.75, 3.05) is 25.4 Å². The minimum Gasteiger partial charge on any atom is -0.398 e. The molecule has 0 aliphatic carbocycles. The van der Waals surface area contributed by atoms with E-state index in [-0.39, 0.29) is 24.4 Å². The molecule has 0 radical (unpaired) electrons. The van der Waals surface area contributed by atoms with Crippen LogP contribution in [0.25, 0.3) is 0 Å². The lowest BCUT2D eigenvalue weighted by Crippen LogP contribution is -2.34. The van der Waals surface area contributed by atoms with E-state index in [0.717, 1.165) is 12.1 Å². The molecule has 1 aromatic rings. The van der Waals surface area contributed by atoms with Gasteiger partial charge in [-0.2, -0.15) is 0 Å². The van der Waals surface area contributed by atoms with E-state index < -0.39 is 17.5 Å². The van der Waals surface area contributed by atoms with Gasteiger partial charge in [-0.05, 0) is 12.5 Å². The van der Waals surface area contributed by atoms with Gasteiger partial charge in [0.2, 0.25) is 0 Å². The van der Waals surface area contributed by atoms with Crippen LogP contribution in [0.4, 0.5) is 14.5 Å². The minimum atomic E-state index is -1.12. The van der Waals surface area contributed by atoms with E-state index in [4.69, 9.17) is 10.8 Å². The highest BCUT2D eigenvalue weighted by Gasteiger charge is 2.19. The number of hydrogen-bond donors (Lipinski definition) is 2. The van der Waals surface area contributed by atoms with Gasteiger partial charge >= 0.3 is 0 Å². The molecule has 100 valence electrons. The third-order valence-corrected chi connectivity index (χ3v) is 2.47. The van der Waals surface area contributed by atoms with E-state index >= 15 is 0 Å². The van der Waals surface area contributed by atoms with Crippen molar-refractivity contribution < 1.29 is 18.7 Å². The summed E-state index contributed by atoms with van der Waals surface area (Å²) in [5.74, 6) is -2.72. The summed E-state index contributed by atoms with van der Waals surface area (Å²) in [7, 11) is 0. The van der Waals surface area contributed by atoms with Gasteiger partial charge in [0.1, 0.15) is 0 Å². The lowest BCUT2D eigenvalue weighted by Gasteiger charge is -2.21. The van der Waals surface area contributed by atoms with Crippen molar-refractivity contribution in [2.45, 2.75) is 13.3 Å². The molecular weight excluding hydrogens is 242 g/mol. The Labute approximate surface area is 104 Å². The number of nitrogens with zero attached hydrogens (tertiary/aromatic N) is 1. The zero-order chi connectivity index (χ0) is 13.7. The van der Waals surface area contributed by atoms with Crippen LogP contribution in [0.15, 0.2) is 12.1 Å². The molecule has 0 spiro atoms. The molecule has 1 rings (SSSR count). The van der Waals surface area contributed by atoms with Gasteiger partial charge in [-0.3, -0.25) is 4.79 Å². The first-order valence-electron chi connectivity index (χ1n) is 5.65. The fraction of sp³-hybridized carbons (Fsp3) is 0.417. The highest BCUT2D eigenvalue weighted by atomic mass is 19.2. The maximum atomic E-state index is 13.1. The van der Waals surface area contributed by atoms with Crippen molar-refractivity contribution in [2.24, 2.45) is 0 Å². The monoisotopic (exact) mass is 258 g/mol. The number of carbonyl (C=O) groups excluding carboxylic acids is 1. The van der Waals surface area contributed by atoms with Crippen molar-refractivity contribution in [3.05, 3.63) is 29.3 Å². The second-order valence-corrected chi connectivity index (χ2v) is 3.87. The first-order chi connectivity index (χ1) is 8.51. The number of aliphatic hydroxyl groups is 1. The zero-order valence-corrected chi connectivity index (χ0v) is 10.1. The summed E-state index contributed by atoms with van der Waals surface area (Å²) < 4.78 is 26.0. The van der Waals surface area contributed by atoms with Crippen LogP contribution in [0, 0.1) is 11.6 Å². The van der Waals surface area contributed by atoms with Crippen LogP contribution in [0.1, 0.15) is 23.7 Å². The van der Waals surface area contributed by atoms with Crippen molar-refractivity contribution in [1.82, 2.24) is 4.90 Å². The molecule has 4 nitrogen and oxygen atoms in total. The minimum absolute atomic E-state index is 0.0872. The van der Waals surface area contributed by atoms with Crippen LogP contribution in [0.3, 0.4) is 0 Å². The molecule has 0 aromatic heterocycles. The van der Waals surface area contributed by atoms with Gasteiger partial charge in [0, 0.05) is 24.8 Å². The Balaban J connectivity index is 3.04. The quantitative estimate of drug-likeness (QED) is 0.784. The molecule has 0 unspecified atom stereocenters. The normalized spacial score (nSPS) is 10.4. The molecule has 6 heteroatoms. The van der Waals surface area contributed by atoms with Gasteiger partial charge in [0.05, 0.1) is 12.2 Å². The molecule has 1 amide bonds. The van der Waals surface area contributed by atoms with Crippen molar-refractivity contribution in [3.63, 3.8) is 0 Å². The Morgan fingerprint density at radius 3 is 2.50 bits per heavy atom. The van der Waals surface area contributed by atoms with E-state index in [2.05, 4.69) is 0 Å². The number of anilines is 1. The maximum Gasteiger partial charge on any atom is 0.256 e. The summed E-state index contributed by atoms with van der Waals surface area (Å²) in [6.07, 6.45) is 0.690.